The number of carbonyl (C=O) groups excluding carboxylic acids is 1. The van der Waals surface area contributed by atoms with Gasteiger partial charge >= 0.3 is 5.97 Å². The third kappa shape index (κ3) is 4.53. The smallest absolute Gasteiger partial charge is 0.331 e. The monoisotopic (exact) mass is 342 g/mol. The molecule has 0 N–H and O–H groups in total. The van der Waals surface area contributed by atoms with Gasteiger partial charge in [0.25, 0.3) is 0 Å². The second kappa shape index (κ2) is 8.78. The van der Waals surface area contributed by atoms with Crippen LogP contribution in [0.5, 0.6) is 17.2 Å². The van der Waals surface area contributed by atoms with Crippen molar-refractivity contribution in [2.24, 2.45) is 0 Å². The van der Waals surface area contributed by atoms with Crippen molar-refractivity contribution < 1.29 is 23.7 Å². The first-order valence-electron chi connectivity index (χ1n) is 7.88. The Hall–Kier alpha value is -2.95. The number of rotatable bonds is 7. The summed E-state index contributed by atoms with van der Waals surface area (Å²) in [5.41, 5.74) is 2.40. The maximum absolute atomic E-state index is 12.0. The fourth-order valence-corrected chi connectivity index (χ4v) is 2.41. The van der Waals surface area contributed by atoms with Crippen LogP contribution in [0.3, 0.4) is 0 Å². The van der Waals surface area contributed by atoms with Gasteiger partial charge in [-0.25, -0.2) is 4.79 Å². The van der Waals surface area contributed by atoms with Gasteiger partial charge < -0.3 is 18.9 Å². The number of methoxy groups -OCH3 is 3. The molecule has 5 heteroatoms. The molecule has 2 aromatic carbocycles. The van der Waals surface area contributed by atoms with Gasteiger partial charge in [0.15, 0.2) is 11.5 Å². The van der Waals surface area contributed by atoms with Crippen LogP contribution in [0.4, 0.5) is 0 Å². The molecule has 0 aliphatic rings. The summed E-state index contributed by atoms with van der Waals surface area (Å²) in [6, 6.07) is 13.0. The fourth-order valence-electron chi connectivity index (χ4n) is 2.41. The maximum atomic E-state index is 12.0. The van der Waals surface area contributed by atoms with Gasteiger partial charge in [-0.1, -0.05) is 18.2 Å². The number of hydrogen-bond donors (Lipinski definition) is 0. The first kappa shape index (κ1) is 18.4. The second-order valence-electron chi connectivity index (χ2n) is 5.11. The first-order chi connectivity index (χ1) is 12.1. The minimum absolute atomic E-state index is 0.317. The molecule has 0 unspecified atom stereocenters. The summed E-state index contributed by atoms with van der Waals surface area (Å²) in [5, 5.41) is 0. The van der Waals surface area contributed by atoms with E-state index >= 15 is 0 Å². The first-order valence-corrected chi connectivity index (χ1v) is 7.88. The average molecular weight is 342 g/mol. The third-order valence-corrected chi connectivity index (χ3v) is 3.64. The Kier molecular flexibility index (Phi) is 6.46. The molecule has 0 aliphatic carbocycles. The number of esters is 1. The van der Waals surface area contributed by atoms with E-state index in [4.69, 9.17) is 18.9 Å². The summed E-state index contributed by atoms with van der Waals surface area (Å²) in [6.07, 6.45) is 1.48. The normalized spacial score (nSPS) is 11.0. The van der Waals surface area contributed by atoms with Crippen LogP contribution in [0.25, 0.3) is 5.57 Å². The Labute approximate surface area is 147 Å². The third-order valence-electron chi connectivity index (χ3n) is 3.64. The number of benzene rings is 2. The van der Waals surface area contributed by atoms with E-state index < -0.39 is 5.97 Å². The number of ether oxygens (including phenoxy) is 4. The van der Waals surface area contributed by atoms with E-state index in [1.165, 1.54) is 6.08 Å². The highest BCUT2D eigenvalue weighted by atomic mass is 16.5. The standard InChI is InChI=1S/C20H22O5/c1-5-25-20(21)13-17(14-6-9-16(22-2)10-7-14)15-8-11-18(23-3)19(12-15)24-4/h6-13H,5H2,1-4H3/b17-13-. The van der Waals surface area contributed by atoms with Crippen molar-refractivity contribution in [1.82, 2.24) is 0 Å². The summed E-state index contributed by atoms with van der Waals surface area (Å²) in [4.78, 5) is 12.0. The molecule has 5 nitrogen and oxygen atoms in total. The molecule has 132 valence electrons. The largest absolute Gasteiger partial charge is 0.497 e. The highest BCUT2D eigenvalue weighted by Crippen LogP contribution is 2.33. The molecule has 0 aromatic heterocycles. The van der Waals surface area contributed by atoms with Crippen molar-refractivity contribution in [3.63, 3.8) is 0 Å². The molecular weight excluding hydrogens is 320 g/mol. The Bertz CT molecular complexity index is 747. The van der Waals surface area contributed by atoms with E-state index in [-0.39, 0.29) is 0 Å². The maximum Gasteiger partial charge on any atom is 0.331 e. The molecule has 0 bridgehead atoms. The van der Waals surface area contributed by atoms with Crippen molar-refractivity contribution in [2.75, 3.05) is 27.9 Å². The predicted octanol–water partition coefficient (Wildman–Crippen LogP) is 3.71. The molecule has 0 saturated carbocycles. The quantitative estimate of drug-likeness (QED) is 0.567. The number of hydrogen-bond acceptors (Lipinski definition) is 5. The summed E-state index contributed by atoms with van der Waals surface area (Å²) in [6.45, 7) is 2.09. The Morgan fingerprint density at radius 1 is 0.880 bits per heavy atom. The van der Waals surface area contributed by atoms with Crippen molar-refractivity contribution in [3.8, 4) is 17.2 Å². The van der Waals surface area contributed by atoms with Crippen molar-refractivity contribution in [3.05, 3.63) is 59.7 Å². The Morgan fingerprint density at radius 2 is 1.52 bits per heavy atom. The Balaban J connectivity index is 2.52. The van der Waals surface area contributed by atoms with Crippen LogP contribution in [0, 0.1) is 0 Å². The van der Waals surface area contributed by atoms with Crippen molar-refractivity contribution in [2.45, 2.75) is 6.92 Å². The molecule has 0 aliphatic heterocycles. The highest BCUT2D eigenvalue weighted by Gasteiger charge is 2.12. The second-order valence-corrected chi connectivity index (χ2v) is 5.11. The zero-order valence-electron chi connectivity index (χ0n) is 14.9. The lowest BCUT2D eigenvalue weighted by Gasteiger charge is -2.13. The zero-order chi connectivity index (χ0) is 18.2. The van der Waals surface area contributed by atoms with Gasteiger partial charge in [-0.15, -0.1) is 0 Å². The van der Waals surface area contributed by atoms with Gasteiger partial charge in [0.05, 0.1) is 27.9 Å². The molecule has 0 heterocycles. The van der Waals surface area contributed by atoms with Gasteiger partial charge in [-0.05, 0) is 47.9 Å². The highest BCUT2D eigenvalue weighted by molar-refractivity contribution is 5.96. The fraction of sp³-hybridized carbons (Fsp3) is 0.250. The van der Waals surface area contributed by atoms with Gasteiger partial charge in [0, 0.05) is 6.08 Å². The van der Waals surface area contributed by atoms with E-state index in [1.807, 2.05) is 36.4 Å². The zero-order valence-corrected chi connectivity index (χ0v) is 14.9. The predicted molar refractivity (Wildman–Crippen MR) is 96.3 cm³/mol. The molecule has 0 radical (unpaired) electrons. The van der Waals surface area contributed by atoms with E-state index in [0.29, 0.717) is 18.1 Å². The number of carbonyl (C=O) groups is 1. The van der Waals surface area contributed by atoms with Crippen molar-refractivity contribution >= 4 is 11.5 Å². The van der Waals surface area contributed by atoms with Gasteiger partial charge in [-0.2, -0.15) is 0 Å². The topological polar surface area (TPSA) is 54.0 Å². The average Bonchev–Trinajstić information content (AvgIpc) is 2.66. The molecule has 0 amide bonds. The van der Waals surface area contributed by atoms with E-state index in [1.54, 1.807) is 34.3 Å². The van der Waals surface area contributed by atoms with Crippen LogP contribution in [0.1, 0.15) is 18.1 Å². The van der Waals surface area contributed by atoms with Crippen molar-refractivity contribution in [1.29, 1.82) is 0 Å². The van der Waals surface area contributed by atoms with Crippen LogP contribution >= 0.6 is 0 Å². The van der Waals surface area contributed by atoms with E-state index in [9.17, 15) is 4.79 Å². The molecule has 25 heavy (non-hydrogen) atoms. The SMILES string of the molecule is CCOC(=O)/C=C(/c1ccc(OC)cc1)c1ccc(OC)c(OC)c1. The van der Waals surface area contributed by atoms with Crippen LogP contribution in [0.15, 0.2) is 48.5 Å². The van der Waals surface area contributed by atoms with E-state index in [2.05, 4.69) is 0 Å². The minimum atomic E-state index is -0.400. The summed E-state index contributed by atoms with van der Waals surface area (Å²) in [7, 11) is 4.76. The lowest BCUT2D eigenvalue weighted by atomic mass is 9.97. The van der Waals surface area contributed by atoms with Crippen LogP contribution in [0.2, 0.25) is 0 Å². The molecule has 0 spiro atoms. The molecule has 0 saturated heterocycles. The van der Waals surface area contributed by atoms with Crippen LogP contribution in [-0.2, 0) is 9.53 Å². The van der Waals surface area contributed by atoms with E-state index in [0.717, 1.165) is 22.4 Å². The Morgan fingerprint density at radius 3 is 2.08 bits per heavy atom. The summed E-state index contributed by atoms with van der Waals surface area (Å²) in [5.74, 6) is 1.55. The molecule has 0 atom stereocenters. The van der Waals surface area contributed by atoms with Gasteiger partial charge in [0.1, 0.15) is 5.75 Å². The lowest BCUT2D eigenvalue weighted by molar-refractivity contribution is -0.137. The molecule has 2 rings (SSSR count). The van der Waals surface area contributed by atoms with Crippen LogP contribution in [-0.4, -0.2) is 33.9 Å². The summed E-state index contributed by atoms with van der Waals surface area (Å²) >= 11 is 0. The minimum Gasteiger partial charge on any atom is -0.497 e. The van der Waals surface area contributed by atoms with Crippen LogP contribution < -0.4 is 14.2 Å². The molecule has 0 fully saturated rings. The van der Waals surface area contributed by atoms with Gasteiger partial charge in [0.2, 0.25) is 0 Å². The molecule has 2 aromatic rings. The van der Waals surface area contributed by atoms with Gasteiger partial charge in [-0.3, -0.25) is 0 Å². The summed E-state index contributed by atoms with van der Waals surface area (Å²) < 4.78 is 20.9. The molecular formula is C20H22O5. The lowest BCUT2D eigenvalue weighted by Crippen LogP contribution is -2.02.